The van der Waals surface area contributed by atoms with Gasteiger partial charge in [-0.2, -0.15) is 0 Å². The van der Waals surface area contributed by atoms with Crippen LogP contribution < -0.4 is 9.47 Å². The highest BCUT2D eigenvalue weighted by Gasteiger charge is 2.19. The Morgan fingerprint density at radius 1 is 0.833 bits per heavy atom. The number of hydrogen-bond donors (Lipinski definition) is 0. The average molecular weight is 413 g/mol. The van der Waals surface area contributed by atoms with E-state index >= 15 is 0 Å². The summed E-state index contributed by atoms with van der Waals surface area (Å²) in [7, 11) is 0. The van der Waals surface area contributed by atoms with Crippen molar-refractivity contribution in [1.29, 1.82) is 0 Å². The predicted octanol–water partition coefficient (Wildman–Crippen LogP) is 6.61. The summed E-state index contributed by atoms with van der Waals surface area (Å²) in [5.74, 6) is 1.71. The molecule has 0 aliphatic heterocycles. The van der Waals surface area contributed by atoms with Gasteiger partial charge in [0.2, 0.25) is 0 Å². The van der Waals surface area contributed by atoms with Crippen LogP contribution in [0.3, 0.4) is 0 Å². The summed E-state index contributed by atoms with van der Waals surface area (Å²) in [4.78, 5) is 21.2. The second kappa shape index (κ2) is 13.7. The van der Waals surface area contributed by atoms with Crippen molar-refractivity contribution in [3.8, 4) is 22.9 Å². The van der Waals surface area contributed by atoms with E-state index in [-0.39, 0.29) is 11.9 Å². The number of rotatable bonds is 14. The Morgan fingerprint density at radius 2 is 1.47 bits per heavy atom. The molecular formula is C25H36N2O3. The zero-order chi connectivity index (χ0) is 21.6. The summed E-state index contributed by atoms with van der Waals surface area (Å²) < 4.78 is 11.3. The van der Waals surface area contributed by atoms with E-state index in [0.717, 1.165) is 37.7 Å². The lowest BCUT2D eigenvalue weighted by Gasteiger charge is -2.14. The summed E-state index contributed by atoms with van der Waals surface area (Å²) in [6.07, 6.45) is 13.2. The quantitative estimate of drug-likeness (QED) is 0.198. The third kappa shape index (κ3) is 8.13. The third-order valence-electron chi connectivity index (χ3n) is 5.08. The van der Waals surface area contributed by atoms with Gasteiger partial charge in [0, 0.05) is 5.56 Å². The third-order valence-corrected chi connectivity index (χ3v) is 5.08. The molecule has 30 heavy (non-hydrogen) atoms. The first-order chi connectivity index (χ1) is 14.7. The van der Waals surface area contributed by atoms with Crippen molar-refractivity contribution >= 4 is 5.97 Å². The first-order valence-electron chi connectivity index (χ1n) is 11.4. The molecular weight excluding hydrogens is 376 g/mol. The van der Waals surface area contributed by atoms with Crippen molar-refractivity contribution in [2.45, 2.75) is 78.6 Å². The number of carbonyl (C=O) groups excluding carboxylic acids is 1. The molecule has 0 amide bonds. The van der Waals surface area contributed by atoms with Gasteiger partial charge in [-0.05, 0) is 43.5 Å². The molecule has 2 rings (SSSR count). The van der Waals surface area contributed by atoms with Gasteiger partial charge in [-0.15, -0.1) is 0 Å². The van der Waals surface area contributed by atoms with E-state index < -0.39 is 0 Å². The molecule has 0 saturated heterocycles. The molecule has 0 atom stereocenters. The molecule has 0 fully saturated rings. The molecule has 1 aromatic heterocycles. The Balaban J connectivity index is 1.86. The van der Waals surface area contributed by atoms with E-state index in [1.54, 1.807) is 24.5 Å². The van der Waals surface area contributed by atoms with E-state index in [9.17, 15) is 4.79 Å². The van der Waals surface area contributed by atoms with Gasteiger partial charge in [0.1, 0.15) is 5.75 Å². The Morgan fingerprint density at radius 3 is 2.07 bits per heavy atom. The molecule has 0 radical (unpaired) electrons. The molecule has 1 heterocycles. The minimum atomic E-state index is -0.140. The molecule has 0 aliphatic carbocycles. The fourth-order valence-electron chi connectivity index (χ4n) is 3.38. The summed E-state index contributed by atoms with van der Waals surface area (Å²) >= 11 is 0. The summed E-state index contributed by atoms with van der Waals surface area (Å²) in [6, 6.07) is 7.35. The molecule has 5 heteroatoms. The van der Waals surface area contributed by atoms with Crippen molar-refractivity contribution in [3.63, 3.8) is 0 Å². The lowest BCUT2D eigenvalue weighted by atomic mass is 9.99. The normalized spacial score (nSPS) is 10.9. The number of nitrogens with zero attached hydrogens (tertiary/aromatic N) is 2. The Hall–Kier alpha value is -2.43. The van der Waals surface area contributed by atoms with Crippen molar-refractivity contribution in [1.82, 2.24) is 9.97 Å². The van der Waals surface area contributed by atoms with Crippen molar-refractivity contribution < 1.29 is 14.3 Å². The van der Waals surface area contributed by atoms with Crippen molar-refractivity contribution in [3.05, 3.63) is 36.7 Å². The van der Waals surface area contributed by atoms with Gasteiger partial charge in [0.05, 0.1) is 24.9 Å². The fraction of sp³-hybridized carbons (Fsp3) is 0.560. The highest BCUT2D eigenvalue weighted by Crippen LogP contribution is 2.23. The smallest absolute Gasteiger partial charge is 0.314 e. The zero-order valence-electron chi connectivity index (χ0n) is 18.7. The lowest BCUT2D eigenvalue weighted by molar-refractivity contribution is -0.139. The Labute approximate surface area is 181 Å². The van der Waals surface area contributed by atoms with Crippen LogP contribution in [0.1, 0.15) is 78.6 Å². The van der Waals surface area contributed by atoms with E-state index in [2.05, 4.69) is 30.7 Å². The molecule has 0 saturated carbocycles. The summed E-state index contributed by atoms with van der Waals surface area (Å²) in [5, 5.41) is 0. The van der Waals surface area contributed by atoms with Gasteiger partial charge in [0.15, 0.2) is 11.6 Å². The Bertz CT molecular complexity index is 723. The first-order valence-corrected chi connectivity index (χ1v) is 11.4. The number of esters is 1. The van der Waals surface area contributed by atoms with Crippen LogP contribution in [0, 0.1) is 5.92 Å². The molecule has 164 valence electrons. The molecule has 0 spiro atoms. The number of hydrogen-bond acceptors (Lipinski definition) is 5. The second-order valence-electron chi connectivity index (χ2n) is 7.72. The maximum Gasteiger partial charge on any atom is 0.314 e. The average Bonchev–Trinajstić information content (AvgIpc) is 2.77. The number of benzene rings is 1. The van der Waals surface area contributed by atoms with Gasteiger partial charge in [0.25, 0.3) is 0 Å². The molecule has 2 aromatic rings. The monoisotopic (exact) mass is 412 g/mol. The van der Waals surface area contributed by atoms with E-state index in [0.29, 0.717) is 23.9 Å². The topological polar surface area (TPSA) is 61.3 Å². The summed E-state index contributed by atoms with van der Waals surface area (Å²) in [6.45, 7) is 7.10. The maximum atomic E-state index is 12.4. The highest BCUT2D eigenvalue weighted by atomic mass is 16.5. The Kier molecular flexibility index (Phi) is 10.9. The SMILES string of the molecule is CCCCCCCOc1cnc(-c2ccc(OC(=O)C(CCC)CCC)cc2)nc1. The number of ether oxygens (including phenoxy) is 2. The predicted molar refractivity (Wildman–Crippen MR) is 121 cm³/mol. The first kappa shape index (κ1) is 23.8. The van der Waals surface area contributed by atoms with E-state index in [1.165, 1.54) is 25.7 Å². The molecule has 5 nitrogen and oxygen atoms in total. The van der Waals surface area contributed by atoms with Crippen LogP contribution in [0.4, 0.5) is 0 Å². The fourth-order valence-corrected chi connectivity index (χ4v) is 3.38. The van der Waals surface area contributed by atoms with E-state index in [4.69, 9.17) is 9.47 Å². The van der Waals surface area contributed by atoms with Crippen LogP contribution in [0.5, 0.6) is 11.5 Å². The maximum absolute atomic E-state index is 12.4. The second-order valence-corrected chi connectivity index (χ2v) is 7.72. The molecule has 1 aromatic carbocycles. The zero-order valence-corrected chi connectivity index (χ0v) is 18.7. The van der Waals surface area contributed by atoms with Gasteiger partial charge in [-0.1, -0.05) is 59.3 Å². The standard InChI is InChI=1S/C25H36N2O3/c1-4-7-8-9-10-17-29-23-18-26-24(27-19-23)20-13-15-22(16-14-20)30-25(28)21(11-5-2)12-6-3/h13-16,18-19,21H,4-12,17H2,1-3H3. The molecule has 0 aliphatic rings. The summed E-state index contributed by atoms with van der Waals surface area (Å²) in [5.41, 5.74) is 0.875. The van der Waals surface area contributed by atoms with Crippen LogP contribution in [0.15, 0.2) is 36.7 Å². The van der Waals surface area contributed by atoms with Crippen LogP contribution in [0.25, 0.3) is 11.4 Å². The van der Waals surface area contributed by atoms with Gasteiger partial charge < -0.3 is 9.47 Å². The molecule has 0 N–H and O–H groups in total. The van der Waals surface area contributed by atoms with Crippen molar-refractivity contribution in [2.75, 3.05) is 6.61 Å². The molecule has 0 bridgehead atoms. The minimum absolute atomic E-state index is 0.0257. The number of aromatic nitrogens is 2. The highest BCUT2D eigenvalue weighted by molar-refractivity contribution is 5.75. The minimum Gasteiger partial charge on any atom is -0.490 e. The largest absolute Gasteiger partial charge is 0.490 e. The van der Waals surface area contributed by atoms with Crippen LogP contribution in [-0.4, -0.2) is 22.5 Å². The molecule has 0 unspecified atom stereocenters. The van der Waals surface area contributed by atoms with Crippen LogP contribution in [-0.2, 0) is 4.79 Å². The van der Waals surface area contributed by atoms with Gasteiger partial charge in [-0.3, -0.25) is 4.79 Å². The van der Waals surface area contributed by atoms with Crippen LogP contribution >= 0.6 is 0 Å². The lowest BCUT2D eigenvalue weighted by Crippen LogP contribution is -2.20. The van der Waals surface area contributed by atoms with E-state index in [1.807, 2.05) is 12.1 Å². The number of carbonyl (C=O) groups is 1. The van der Waals surface area contributed by atoms with Gasteiger partial charge in [-0.25, -0.2) is 9.97 Å². The number of unbranched alkanes of at least 4 members (excludes halogenated alkanes) is 4. The van der Waals surface area contributed by atoms with Crippen molar-refractivity contribution in [2.24, 2.45) is 5.92 Å². The van der Waals surface area contributed by atoms with Gasteiger partial charge >= 0.3 is 5.97 Å². The van der Waals surface area contributed by atoms with Crippen LogP contribution in [0.2, 0.25) is 0 Å².